The number of hydrogen-bond donors (Lipinski definition) is 2. The lowest BCUT2D eigenvalue weighted by Crippen LogP contribution is -2.05. The summed E-state index contributed by atoms with van der Waals surface area (Å²) in [4.78, 5) is 21.3. The van der Waals surface area contributed by atoms with E-state index in [-0.39, 0.29) is 16.9 Å². The van der Waals surface area contributed by atoms with E-state index in [4.69, 9.17) is 16.7 Å². The molecule has 2 N–H and O–H groups in total. The number of carboxylic acid groups (broad SMARTS) is 1. The number of nitrogens with zero attached hydrogens (tertiary/aromatic N) is 1. The Hall–Kier alpha value is -2.60. The van der Waals surface area contributed by atoms with Crippen LogP contribution in [0, 0.1) is 10.1 Å². The van der Waals surface area contributed by atoms with Gasteiger partial charge in [0.25, 0.3) is 5.69 Å². The van der Waals surface area contributed by atoms with Gasteiger partial charge in [-0.1, -0.05) is 23.7 Å². The third-order valence-electron chi connectivity index (χ3n) is 2.81. The van der Waals surface area contributed by atoms with Gasteiger partial charge >= 0.3 is 5.97 Å². The molecule has 2 aromatic rings. The minimum absolute atomic E-state index is 0.0193. The fraction of sp³-hybridized carbons (Fsp3) is 0.0714. The van der Waals surface area contributed by atoms with Crippen molar-refractivity contribution in [2.45, 2.75) is 6.54 Å². The van der Waals surface area contributed by atoms with Crippen LogP contribution in [0.5, 0.6) is 0 Å². The molecule has 0 aromatic heterocycles. The van der Waals surface area contributed by atoms with Crippen LogP contribution in [0.4, 0.5) is 11.4 Å². The van der Waals surface area contributed by atoms with Gasteiger partial charge in [-0.05, 0) is 29.8 Å². The molecular weight excluding hydrogens is 296 g/mol. The van der Waals surface area contributed by atoms with Crippen LogP contribution in [0.25, 0.3) is 0 Å². The van der Waals surface area contributed by atoms with E-state index in [1.165, 1.54) is 18.2 Å². The maximum atomic E-state index is 11.0. The van der Waals surface area contributed by atoms with Crippen LogP contribution in [0.15, 0.2) is 42.5 Å². The Labute approximate surface area is 125 Å². The predicted octanol–water partition coefficient (Wildman–Crippen LogP) is 3.56. The van der Waals surface area contributed by atoms with E-state index in [2.05, 4.69) is 5.32 Å². The molecule has 0 spiro atoms. The number of hydrogen-bond acceptors (Lipinski definition) is 4. The van der Waals surface area contributed by atoms with E-state index in [1.54, 1.807) is 18.2 Å². The predicted molar refractivity (Wildman–Crippen MR) is 78.8 cm³/mol. The summed E-state index contributed by atoms with van der Waals surface area (Å²) in [6, 6.07) is 10.6. The monoisotopic (exact) mass is 306 g/mol. The van der Waals surface area contributed by atoms with Gasteiger partial charge in [-0.3, -0.25) is 10.1 Å². The molecule has 0 unspecified atom stereocenters. The van der Waals surface area contributed by atoms with E-state index in [1.807, 2.05) is 6.07 Å². The highest BCUT2D eigenvalue weighted by atomic mass is 35.5. The molecule has 0 saturated heterocycles. The number of benzene rings is 2. The third-order valence-corrected chi connectivity index (χ3v) is 3.05. The minimum Gasteiger partial charge on any atom is -0.478 e. The number of halogens is 1. The van der Waals surface area contributed by atoms with Crippen molar-refractivity contribution in [1.82, 2.24) is 0 Å². The first-order chi connectivity index (χ1) is 9.97. The first-order valence-electron chi connectivity index (χ1n) is 5.97. The van der Waals surface area contributed by atoms with E-state index in [0.29, 0.717) is 11.6 Å². The van der Waals surface area contributed by atoms with Crippen molar-refractivity contribution in [2.24, 2.45) is 0 Å². The van der Waals surface area contributed by atoms with Gasteiger partial charge in [0.2, 0.25) is 0 Å². The molecule has 0 radical (unpaired) electrons. The smallest absolute Gasteiger partial charge is 0.335 e. The van der Waals surface area contributed by atoms with Crippen molar-refractivity contribution in [3.8, 4) is 0 Å². The highest BCUT2D eigenvalue weighted by Crippen LogP contribution is 2.26. The average molecular weight is 307 g/mol. The van der Waals surface area contributed by atoms with Crippen molar-refractivity contribution >= 4 is 28.9 Å². The van der Waals surface area contributed by atoms with Crippen LogP contribution in [0.3, 0.4) is 0 Å². The average Bonchev–Trinajstić information content (AvgIpc) is 2.44. The van der Waals surface area contributed by atoms with Gasteiger partial charge in [-0.2, -0.15) is 0 Å². The molecular formula is C14H11ClN2O4. The molecule has 6 nitrogen and oxygen atoms in total. The van der Waals surface area contributed by atoms with Crippen LogP contribution in [-0.4, -0.2) is 16.0 Å². The zero-order valence-electron chi connectivity index (χ0n) is 10.7. The van der Waals surface area contributed by atoms with Crippen molar-refractivity contribution in [2.75, 3.05) is 5.32 Å². The quantitative estimate of drug-likeness (QED) is 0.651. The van der Waals surface area contributed by atoms with Gasteiger partial charge in [0.1, 0.15) is 5.69 Å². The standard InChI is InChI=1S/C14H11ClN2O4/c15-11-3-1-2-9(6-11)8-16-12-7-10(14(18)19)4-5-13(12)17(20)21/h1-7,16H,8H2,(H,18,19). The second-order valence-electron chi connectivity index (χ2n) is 4.28. The van der Waals surface area contributed by atoms with Crippen LogP contribution < -0.4 is 5.32 Å². The maximum Gasteiger partial charge on any atom is 0.335 e. The van der Waals surface area contributed by atoms with Crippen molar-refractivity contribution in [1.29, 1.82) is 0 Å². The maximum absolute atomic E-state index is 11.0. The molecule has 0 bridgehead atoms. The molecule has 108 valence electrons. The Bertz CT molecular complexity index is 703. The van der Waals surface area contributed by atoms with Gasteiger partial charge < -0.3 is 10.4 Å². The summed E-state index contributed by atoms with van der Waals surface area (Å²) in [6.45, 7) is 0.296. The zero-order chi connectivity index (χ0) is 15.4. The van der Waals surface area contributed by atoms with Gasteiger partial charge in [-0.15, -0.1) is 0 Å². The second-order valence-corrected chi connectivity index (χ2v) is 4.71. The topological polar surface area (TPSA) is 92.5 Å². The number of nitrogens with one attached hydrogen (secondary N) is 1. The Morgan fingerprint density at radius 1 is 1.29 bits per heavy atom. The first kappa shape index (κ1) is 14.8. The van der Waals surface area contributed by atoms with E-state index < -0.39 is 10.9 Å². The highest BCUT2D eigenvalue weighted by molar-refractivity contribution is 6.30. The summed E-state index contributed by atoms with van der Waals surface area (Å²) in [6.07, 6.45) is 0. The molecule has 0 amide bonds. The summed E-state index contributed by atoms with van der Waals surface area (Å²) in [5.74, 6) is -1.14. The van der Waals surface area contributed by atoms with Gasteiger partial charge in [0, 0.05) is 17.6 Å². The van der Waals surface area contributed by atoms with Crippen molar-refractivity contribution in [3.05, 3.63) is 68.7 Å². The fourth-order valence-corrected chi connectivity index (χ4v) is 2.03. The Morgan fingerprint density at radius 2 is 2.05 bits per heavy atom. The molecule has 0 heterocycles. The largest absolute Gasteiger partial charge is 0.478 e. The van der Waals surface area contributed by atoms with Crippen LogP contribution >= 0.6 is 11.6 Å². The fourth-order valence-electron chi connectivity index (χ4n) is 1.81. The summed E-state index contributed by atoms with van der Waals surface area (Å²) in [7, 11) is 0. The molecule has 0 aliphatic carbocycles. The lowest BCUT2D eigenvalue weighted by Gasteiger charge is -2.08. The molecule has 0 aliphatic rings. The van der Waals surface area contributed by atoms with E-state index in [9.17, 15) is 14.9 Å². The minimum atomic E-state index is -1.14. The third kappa shape index (κ3) is 3.70. The van der Waals surface area contributed by atoms with Crippen LogP contribution in [0.1, 0.15) is 15.9 Å². The first-order valence-corrected chi connectivity index (χ1v) is 6.35. The molecule has 0 saturated carbocycles. The molecule has 2 aromatic carbocycles. The van der Waals surface area contributed by atoms with Crippen LogP contribution in [-0.2, 0) is 6.54 Å². The van der Waals surface area contributed by atoms with Crippen molar-refractivity contribution in [3.63, 3.8) is 0 Å². The Kier molecular flexibility index (Phi) is 4.39. The van der Waals surface area contributed by atoms with Crippen molar-refractivity contribution < 1.29 is 14.8 Å². The lowest BCUT2D eigenvalue weighted by atomic mass is 10.1. The SMILES string of the molecule is O=C(O)c1ccc([N+](=O)[O-])c(NCc2cccc(Cl)c2)c1. The van der Waals surface area contributed by atoms with Gasteiger partial charge in [0.15, 0.2) is 0 Å². The number of rotatable bonds is 5. The van der Waals surface area contributed by atoms with Gasteiger partial charge in [0.05, 0.1) is 10.5 Å². The molecule has 2 rings (SSSR count). The van der Waals surface area contributed by atoms with Gasteiger partial charge in [-0.25, -0.2) is 4.79 Å². The number of carboxylic acids is 1. The Balaban J connectivity index is 2.26. The number of carbonyl (C=O) groups is 1. The van der Waals surface area contributed by atoms with Crippen LogP contribution in [0.2, 0.25) is 5.02 Å². The molecule has 0 fully saturated rings. The second kappa shape index (κ2) is 6.23. The normalized spacial score (nSPS) is 10.1. The summed E-state index contributed by atoms with van der Waals surface area (Å²) in [5, 5.41) is 23.3. The molecule has 0 aliphatic heterocycles. The molecule has 21 heavy (non-hydrogen) atoms. The number of anilines is 1. The van der Waals surface area contributed by atoms with E-state index >= 15 is 0 Å². The lowest BCUT2D eigenvalue weighted by molar-refractivity contribution is -0.384. The molecule has 7 heteroatoms. The highest BCUT2D eigenvalue weighted by Gasteiger charge is 2.16. The number of nitro groups is 1. The zero-order valence-corrected chi connectivity index (χ0v) is 11.5. The summed E-state index contributed by atoms with van der Waals surface area (Å²) >= 11 is 5.86. The Morgan fingerprint density at radius 3 is 2.67 bits per heavy atom. The molecule has 0 atom stereocenters. The number of nitro benzene ring substituents is 1. The number of aromatic carboxylic acids is 1. The van der Waals surface area contributed by atoms with E-state index in [0.717, 1.165) is 5.56 Å². The summed E-state index contributed by atoms with van der Waals surface area (Å²) < 4.78 is 0. The summed E-state index contributed by atoms with van der Waals surface area (Å²) in [5.41, 5.74) is 0.786.